The van der Waals surface area contributed by atoms with Crippen molar-refractivity contribution in [2.24, 2.45) is 5.73 Å². The summed E-state index contributed by atoms with van der Waals surface area (Å²) in [6.07, 6.45) is 4.09. The van der Waals surface area contributed by atoms with E-state index in [1.165, 1.54) is 5.56 Å². The Kier molecular flexibility index (Phi) is 4.70. The number of rotatable bonds is 5. The number of H-pyrrole nitrogens is 1. The predicted octanol–water partition coefficient (Wildman–Crippen LogP) is 4.01. The first-order valence-electron chi connectivity index (χ1n) is 9.54. The molecule has 1 aliphatic carbocycles. The molecule has 0 saturated carbocycles. The lowest BCUT2D eigenvalue weighted by Gasteiger charge is -2.16. The van der Waals surface area contributed by atoms with Crippen molar-refractivity contribution in [2.45, 2.75) is 32.6 Å². The fourth-order valence-corrected chi connectivity index (χ4v) is 4.79. The highest BCUT2D eigenvalue weighted by Gasteiger charge is 2.23. The van der Waals surface area contributed by atoms with Crippen LogP contribution in [-0.2, 0) is 22.9 Å². The first-order chi connectivity index (χ1) is 13.8. The van der Waals surface area contributed by atoms with Crippen LogP contribution in [0.1, 0.15) is 40.0 Å². The van der Waals surface area contributed by atoms with E-state index in [1.54, 1.807) is 12.1 Å². The van der Waals surface area contributed by atoms with Gasteiger partial charge in [-0.3, -0.25) is 9.52 Å². The molecule has 0 unspecified atom stereocenters. The minimum atomic E-state index is -3.61. The average Bonchev–Trinajstić information content (AvgIpc) is 3.08. The van der Waals surface area contributed by atoms with Crippen LogP contribution >= 0.6 is 0 Å². The van der Waals surface area contributed by atoms with Gasteiger partial charge in [0, 0.05) is 16.5 Å². The number of carbonyl (C=O) groups excluding carboxylic acids is 1. The third kappa shape index (κ3) is 3.31. The number of amides is 1. The van der Waals surface area contributed by atoms with Crippen LogP contribution in [0.15, 0.2) is 42.3 Å². The number of hydrogen-bond acceptors (Lipinski definition) is 3. The van der Waals surface area contributed by atoms with Gasteiger partial charge in [0.25, 0.3) is 15.9 Å². The van der Waals surface area contributed by atoms with Crippen LogP contribution in [-0.4, -0.2) is 19.3 Å². The minimum Gasteiger partial charge on any atom is -0.366 e. The zero-order chi connectivity index (χ0) is 20.8. The molecule has 29 heavy (non-hydrogen) atoms. The van der Waals surface area contributed by atoms with Gasteiger partial charge in [-0.05, 0) is 67.0 Å². The topological polar surface area (TPSA) is 105 Å². The van der Waals surface area contributed by atoms with Gasteiger partial charge in [0.2, 0.25) is 0 Å². The molecule has 0 atom stereocenters. The zero-order valence-electron chi connectivity index (χ0n) is 16.2. The molecule has 4 N–H and O–H groups in total. The van der Waals surface area contributed by atoms with E-state index in [9.17, 15) is 13.2 Å². The first-order valence-corrected chi connectivity index (χ1v) is 11.1. The van der Waals surface area contributed by atoms with E-state index < -0.39 is 15.9 Å². The molecule has 150 valence electrons. The predicted molar refractivity (Wildman–Crippen MR) is 116 cm³/mol. The Balaban J connectivity index is 1.98. The average molecular weight is 410 g/mol. The van der Waals surface area contributed by atoms with Gasteiger partial charge in [-0.1, -0.05) is 24.8 Å². The van der Waals surface area contributed by atoms with Crippen LogP contribution in [0.3, 0.4) is 0 Å². The summed E-state index contributed by atoms with van der Waals surface area (Å²) in [5, 5.41) is 1.89. The standard InChI is InChI=1S/C22H23N3O3S/c1-3-29(27,28)25-18-10-6-8-14(13(18)2)15-11-12-17(22(23)26)21-20(15)16-7-4-5-9-19(16)24-21/h3,6,8,10-12,24-25H,1,4-5,7,9H2,2H3,(H2,23,26). The second kappa shape index (κ2) is 7.08. The smallest absolute Gasteiger partial charge is 0.254 e. The maximum Gasteiger partial charge on any atom is 0.254 e. The normalized spacial score (nSPS) is 13.8. The highest BCUT2D eigenvalue weighted by molar-refractivity contribution is 7.95. The molecule has 0 fully saturated rings. The molecule has 1 aliphatic rings. The quantitative estimate of drug-likeness (QED) is 0.593. The first kappa shape index (κ1) is 19.3. The number of nitrogens with one attached hydrogen (secondary N) is 2. The molecule has 7 heteroatoms. The number of fused-ring (bicyclic) bond motifs is 3. The molecule has 0 saturated heterocycles. The number of hydrogen-bond donors (Lipinski definition) is 3. The van der Waals surface area contributed by atoms with Crippen molar-refractivity contribution < 1.29 is 13.2 Å². The number of nitrogens with two attached hydrogens (primary N) is 1. The van der Waals surface area contributed by atoms with Crippen LogP contribution in [0.4, 0.5) is 5.69 Å². The summed E-state index contributed by atoms with van der Waals surface area (Å²) in [5.41, 5.74) is 12.4. The fraction of sp³-hybridized carbons (Fsp3) is 0.227. The molecule has 0 bridgehead atoms. The third-order valence-corrected chi connectivity index (χ3v) is 6.56. The molecular weight excluding hydrogens is 386 g/mol. The second-order valence-corrected chi connectivity index (χ2v) is 8.98. The number of aromatic amines is 1. The number of carbonyl (C=O) groups is 1. The SMILES string of the molecule is C=CS(=O)(=O)Nc1cccc(-c2ccc(C(N)=O)c3[nH]c4c(c23)CCCC4)c1C. The lowest BCUT2D eigenvalue weighted by atomic mass is 9.89. The van der Waals surface area contributed by atoms with Gasteiger partial charge in [0.05, 0.1) is 16.8 Å². The van der Waals surface area contributed by atoms with Crippen molar-refractivity contribution in [2.75, 3.05) is 4.72 Å². The summed E-state index contributed by atoms with van der Waals surface area (Å²) in [4.78, 5) is 15.4. The van der Waals surface area contributed by atoms with E-state index in [0.29, 0.717) is 11.3 Å². The maximum absolute atomic E-state index is 12.0. The molecule has 0 radical (unpaired) electrons. The summed E-state index contributed by atoms with van der Waals surface area (Å²) < 4.78 is 26.5. The summed E-state index contributed by atoms with van der Waals surface area (Å²) in [6.45, 7) is 5.23. The summed E-state index contributed by atoms with van der Waals surface area (Å²) >= 11 is 0. The van der Waals surface area contributed by atoms with Crippen LogP contribution in [0.5, 0.6) is 0 Å². The molecule has 2 aromatic carbocycles. The Hall–Kier alpha value is -3.06. The monoisotopic (exact) mass is 409 g/mol. The van der Waals surface area contributed by atoms with Gasteiger partial charge in [-0.15, -0.1) is 0 Å². The fourth-order valence-electron chi connectivity index (χ4n) is 4.18. The summed E-state index contributed by atoms with van der Waals surface area (Å²) in [6, 6.07) is 9.14. The Labute approximate surface area is 169 Å². The van der Waals surface area contributed by atoms with E-state index in [0.717, 1.165) is 64.4 Å². The van der Waals surface area contributed by atoms with Crippen LogP contribution in [0.2, 0.25) is 0 Å². The number of sulfonamides is 1. The van der Waals surface area contributed by atoms with E-state index in [2.05, 4.69) is 16.3 Å². The van der Waals surface area contributed by atoms with Crippen molar-refractivity contribution >= 4 is 32.5 Å². The molecule has 0 aliphatic heterocycles. The highest BCUT2D eigenvalue weighted by atomic mass is 32.2. The number of benzene rings is 2. The van der Waals surface area contributed by atoms with Gasteiger partial charge in [-0.25, -0.2) is 8.42 Å². The van der Waals surface area contributed by atoms with Gasteiger partial charge in [0.15, 0.2) is 0 Å². The van der Waals surface area contributed by atoms with Crippen molar-refractivity contribution in [1.29, 1.82) is 0 Å². The van der Waals surface area contributed by atoms with Gasteiger partial charge in [-0.2, -0.15) is 0 Å². The highest BCUT2D eigenvalue weighted by Crippen LogP contribution is 2.40. The Bertz CT molecular complexity index is 1260. The molecule has 1 amide bonds. The van der Waals surface area contributed by atoms with Crippen molar-refractivity contribution in [1.82, 2.24) is 4.98 Å². The third-order valence-electron chi connectivity index (χ3n) is 5.61. The minimum absolute atomic E-state index is 0.468. The molecule has 0 spiro atoms. The van der Waals surface area contributed by atoms with Gasteiger partial charge in [0.1, 0.15) is 0 Å². The molecule has 1 heterocycles. The lowest BCUT2D eigenvalue weighted by Crippen LogP contribution is -2.12. The maximum atomic E-state index is 12.0. The van der Waals surface area contributed by atoms with E-state index in [4.69, 9.17) is 5.73 Å². The number of aromatic nitrogens is 1. The number of aryl methyl sites for hydroxylation is 2. The van der Waals surface area contributed by atoms with Gasteiger partial charge >= 0.3 is 0 Å². The molecule has 4 rings (SSSR count). The van der Waals surface area contributed by atoms with Crippen molar-refractivity contribution in [3.63, 3.8) is 0 Å². The van der Waals surface area contributed by atoms with Crippen LogP contribution in [0, 0.1) is 6.92 Å². The summed E-state index contributed by atoms with van der Waals surface area (Å²) in [5.74, 6) is -0.468. The number of primary amides is 1. The zero-order valence-corrected chi connectivity index (χ0v) is 17.0. The van der Waals surface area contributed by atoms with E-state index in [-0.39, 0.29) is 0 Å². The number of anilines is 1. The Morgan fingerprint density at radius 3 is 2.66 bits per heavy atom. The molecule has 3 aromatic rings. The lowest BCUT2D eigenvalue weighted by molar-refractivity contribution is 0.100. The van der Waals surface area contributed by atoms with Crippen LogP contribution in [0.25, 0.3) is 22.0 Å². The van der Waals surface area contributed by atoms with E-state index in [1.807, 2.05) is 25.1 Å². The Morgan fingerprint density at radius 1 is 1.17 bits per heavy atom. The Morgan fingerprint density at radius 2 is 1.93 bits per heavy atom. The second-order valence-electron chi connectivity index (χ2n) is 7.36. The van der Waals surface area contributed by atoms with Crippen LogP contribution < -0.4 is 10.5 Å². The van der Waals surface area contributed by atoms with E-state index >= 15 is 0 Å². The molecular formula is C22H23N3O3S. The van der Waals surface area contributed by atoms with Gasteiger partial charge < -0.3 is 10.7 Å². The summed E-state index contributed by atoms with van der Waals surface area (Å²) in [7, 11) is -3.61. The van der Waals surface area contributed by atoms with Crippen molar-refractivity contribution in [3.8, 4) is 11.1 Å². The molecule has 6 nitrogen and oxygen atoms in total. The molecule has 1 aromatic heterocycles. The van der Waals surface area contributed by atoms with Crippen molar-refractivity contribution in [3.05, 3.63) is 64.7 Å². The largest absolute Gasteiger partial charge is 0.366 e.